The molecule has 1 saturated carbocycles. The van der Waals surface area contributed by atoms with Gasteiger partial charge in [0, 0.05) is 44.9 Å². The number of nitrogens with zero attached hydrogens (tertiary/aromatic N) is 4. The van der Waals surface area contributed by atoms with Gasteiger partial charge >= 0.3 is 0 Å². The molecule has 1 atom stereocenters. The highest BCUT2D eigenvalue weighted by molar-refractivity contribution is 7.12. The number of thiophene rings is 1. The largest absolute Gasteiger partial charge is 0.383 e. The normalized spacial score (nSPS) is 19.1. The molecule has 4 rings (SSSR count). The zero-order valence-corrected chi connectivity index (χ0v) is 19.0. The summed E-state index contributed by atoms with van der Waals surface area (Å²) in [5.74, 6) is -0.0581. The molecule has 0 spiro atoms. The van der Waals surface area contributed by atoms with Crippen molar-refractivity contribution in [2.45, 2.75) is 38.1 Å². The number of hydrazone groups is 1. The van der Waals surface area contributed by atoms with Gasteiger partial charge in [0.1, 0.15) is 12.6 Å². The minimum Gasteiger partial charge on any atom is -0.383 e. The molecule has 0 saturated heterocycles. The Kier molecular flexibility index (Phi) is 6.87. The van der Waals surface area contributed by atoms with Crippen molar-refractivity contribution in [2.24, 2.45) is 18.1 Å². The third-order valence-corrected chi connectivity index (χ3v) is 7.12. The van der Waals surface area contributed by atoms with Crippen LogP contribution in [0.1, 0.15) is 48.7 Å². The fraction of sp³-hybridized carbons (Fsp3) is 0.522. The van der Waals surface area contributed by atoms with Gasteiger partial charge in [-0.1, -0.05) is 18.9 Å². The first-order chi connectivity index (χ1) is 15.1. The number of aryl methyl sites for hydroxylation is 1. The van der Waals surface area contributed by atoms with Gasteiger partial charge in [-0.3, -0.25) is 9.59 Å². The molecular weight excluding hydrogens is 412 g/mol. The Morgan fingerprint density at radius 1 is 1.26 bits per heavy atom. The fourth-order valence-corrected chi connectivity index (χ4v) is 5.24. The topological polar surface area (TPSA) is 67.1 Å². The molecule has 1 fully saturated rings. The number of aromatic nitrogens is 1. The second-order valence-corrected chi connectivity index (χ2v) is 9.21. The maximum atomic E-state index is 13.4. The molecule has 0 unspecified atom stereocenters. The van der Waals surface area contributed by atoms with Gasteiger partial charge in [-0.05, 0) is 36.4 Å². The van der Waals surface area contributed by atoms with Gasteiger partial charge in [-0.15, -0.1) is 11.3 Å². The molecule has 0 N–H and O–H groups in total. The van der Waals surface area contributed by atoms with Crippen molar-refractivity contribution in [1.29, 1.82) is 0 Å². The summed E-state index contributed by atoms with van der Waals surface area (Å²) in [5, 5.41) is 8.34. The van der Waals surface area contributed by atoms with Crippen LogP contribution in [-0.4, -0.2) is 58.8 Å². The van der Waals surface area contributed by atoms with Crippen molar-refractivity contribution >= 4 is 28.9 Å². The molecule has 1 aliphatic heterocycles. The molecule has 0 radical (unpaired) electrons. The van der Waals surface area contributed by atoms with Crippen molar-refractivity contribution < 1.29 is 14.3 Å². The minimum absolute atomic E-state index is 0.0251. The molecule has 2 aromatic heterocycles. The van der Waals surface area contributed by atoms with Gasteiger partial charge in [-0.25, -0.2) is 5.01 Å². The maximum Gasteiger partial charge on any atom is 0.262 e. The number of hydrogen-bond acceptors (Lipinski definition) is 5. The summed E-state index contributed by atoms with van der Waals surface area (Å²) in [4.78, 5) is 29.3. The van der Waals surface area contributed by atoms with Crippen LogP contribution in [0.2, 0.25) is 0 Å². The summed E-state index contributed by atoms with van der Waals surface area (Å²) in [7, 11) is 3.60. The smallest absolute Gasteiger partial charge is 0.262 e. The van der Waals surface area contributed by atoms with Gasteiger partial charge in [0.25, 0.3) is 5.91 Å². The van der Waals surface area contributed by atoms with Gasteiger partial charge in [0.05, 0.1) is 17.2 Å². The highest BCUT2D eigenvalue weighted by atomic mass is 32.1. The van der Waals surface area contributed by atoms with Crippen LogP contribution in [0.3, 0.4) is 0 Å². The SMILES string of the molecule is COCCN(CC(=O)N1N=C(c2cccs2)C[C@H]1c1cccn1C)C(=O)C1CCCC1. The van der Waals surface area contributed by atoms with Crippen LogP contribution < -0.4 is 0 Å². The molecule has 31 heavy (non-hydrogen) atoms. The molecule has 0 bridgehead atoms. The van der Waals surface area contributed by atoms with Crippen LogP contribution >= 0.6 is 11.3 Å². The lowest BCUT2D eigenvalue weighted by Gasteiger charge is -2.28. The third-order valence-electron chi connectivity index (χ3n) is 6.20. The van der Waals surface area contributed by atoms with Gasteiger partial charge in [0.15, 0.2) is 0 Å². The van der Waals surface area contributed by atoms with E-state index in [2.05, 4.69) is 0 Å². The van der Waals surface area contributed by atoms with E-state index in [-0.39, 0.29) is 30.3 Å². The third kappa shape index (κ3) is 4.75. The second kappa shape index (κ2) is 9.78. The van der Waals surface area contributed by atoms with Gasteiger partial charge in [0.2, 0.25) is 5.91 Å². The van der Waals surface area contributed by atoms with Crippen LogP contribution in [-0.2, 0) is 21.4 Å². The lowest BCUT2D eigenvalue weighted by Crippen LogP contribution is -2.44. The lowest BCUT2D eigenvalue weighted by atomic mass is 10.1. The van der Waals surface area contributed by atoms with Crippen LogP contribution in [0.5, 0.6) is 0 Å². The standard InChI is InChI=1S/C23H30N4O3S/c1-25-11-5-9-19(25)20-15-18(21-10-6-14-31-21)24-27(20)22(28)16-26(12-13-30-2)23(29)17-7-3-4-8-17/h5-6,9-11,14,17,20H,3-4,7-8,12-13,15-16H2,1-2H3/t20-/m0/s1. The van der Waals surface area contributed by atoms with Crippen LogP contribution in [0, 0.1) is 5.92 Å². The highest BCUT2D eigenvalue weighted by Gasteiger charge is 2.36. The summed E-state index contributed by atoms with van der Waals surface area (Å²) in [6.45, 7) is 0.860. The van der Waals surface area contributed by atoms with Crippen LogP contribution in [0.4, 0.5) is 0 Å². The molecule has 166 valence electrons. The predicted molar refractivity (Wildman–Crippen MR) is 121 cm³/mol. The van der Waals surface area contributed by atoms with Crippen LogP contribution in [0.25, 0.3) is 0 Å². The Morgan fingerprint density at radius 3 is 2.71 bits per heavy atom. The quantitative estimate of drug-likeness (QED) is 0.629. The average molecular weight is 443 g/mol. The minimum atomic E-state index is -0.171. The highest BCUT2D eigenvalue weighted by Crippen LogP contribution is 2.34. The summed E-state index contributed by atoms with van der Waals surface area (Å²) in [5.41, 5.74) is 1.95. The Bertz CT molecular complexity index is 931. The molecule has 2 aliphatic rings. The van der Waals surface area contributed by atoms with Crippen LogP contribution in [0.15, 0.2) is 40.9 Å². The van der Waals surface area contributed by atoms with Crippen molar-refractivity contribution in [2.75, 3.05) is 26.8 Å². The summed E-state index contributed by atoms with van der Waals surface area (Å²) < 4.78 is 7.24. The Morgan fingerprint density at radius 2 is 2.06 bits per heavy atom. The fourth-order valence-electron chi connectivity index (χ4n) is 4.52. The number of rotatable bonds is 8. The number of carbonyl (C=O) groups is 2. The summed E-state index contributed by atoms with van der Waals surface area (Å²) >= 11 is 1.63. The number of hydrogen-bond donors (Lipinski definition) is 0. The van der Waals surface area contributed by atoms with Crippen molar-refractivity contribution in [3.63, 3.8) is 0 Å². The summed E-state index contributed by atoms with van der Waals surface area (Å²) in [6.07, 6.45) is 6.63. The first-order valence-electron chi connectivity index (χ1n) is 10.9. The number of methoxy groups -OCH3 is 1. The molecule has 8 heteroatoms. The Hall–Kier alpha value is -2.45. The van der Waals surface area contributed by atoms with E-state index >= 15 is 0 Å². The monoisotopic (exact) mass is 442 g/mol. The zero-order chi connectivity index (χ0) is 21.8. The molecule has 2 aromatic rings. The first-order valence-corrected chi connectivity index (χ1v) is 11.8. The van der Waals surface area contributed by atoms with E-state index in [1.807, 2.05) is 47.5 Å². The molecule has 2 amide bonds. The molecule has 3 heterocycles. The average Bonchev–Trinajstić information content (AvgIpc) is 3.55. The van der Waals surface area contributed by atoms with Crippen molar-refractivity contribution in [3.8, 4) is 0 Å². The molecular formula is C23H30N4O3S. The molecule has 1 aliphatic carbocycles. The second-order valence-electron chi connectivity index (χ2n) is 8.26. The van der Waals surface area contributed by atoms with E-state index in [1.54, 1.807) is 28.4 Å². The molecule has 7 nitrogen and oxygen atoms in total. The summed E-state index contributed by atoms with van der Waals surface area (Å²) in [6, 6.07) is 7.88. The number of amides is 2. The molecule has 0 aromatic carbocycles. The van der Waals surface area contributed by atoms with Gasteiger partial charge in [-0.2, -0.15) is 5.10 Å². The lowest BCUT2D eigenvalue weighted by molar-refractivity contribution is -0.144. The predicted octanol–water partition coefficient (Wildman–Crippen LogP) is 3.43. The van der Waals surface area contributed by atoms with Crippen molar-refractivity contribution in [1.82, 2.24) is 14.5 Å². The van der Waals surface area contributed by atoms with E-state index in [0.29, 0.717) is 19.6 Å². The number of carbonyl (C=O) groups excluding carboxylic acids is 2. The van der Waals surface area contributed by atoms with E-state index in [1.165, 1.54) is 0 Å². The van der Waals surface area contributed by atoms with Crippen molar-refractivity contribution in [3.05, 3.63) is 46.4 Å². The van der Waals surface area contributed by atoms with E-state index < -0.39 is 0 Å². The van der Waals surface area contributed by atoms with Gasteiger partial charge < -0.3 is 14.2 Å². The van der Waals surface area contributed by atoms with E-state index in [9.17, 15) is 9.59 Å². The maximum absolute atomic E-state index is 13.4. The van der Waals surface area contributed by atoms with E-state index in [0.717, 1.165) is 42.0 Å². The first kappa shape index (κ1) is 21.8. The number of ether oxygens (including phenoxy) is 1. The van der Waals surface area contributed by atoms with E-state index in [4.69, 9.17) is 9.84 Å². The zero-order valence-electron chi connectivity index (χ0n) is 18.2. The Balaban J connectivity index is 1.56. The Labute approximate surface area is 187 Å².